The van der Waals surface area contributed by atoms with E-state index in [1.807, 2.05) is 0 Å². The Morgan fingerprint density at radius 2 is 1.73 bits per heavy atom. The molecule has 0 spiro atoms. The highest BCUT2D eigenvalue weighted by molar-refractivity contribution is 6.20. The predicted molar refractivity (Wildman–Crippen MR) is 45.1 cm³/mol. The summed E-state index contributed by atoms with van der Waals surface area (Å²) in [5.41, 5.74) is 0. The van der Waals surface area contributed by atoms with E-state index in [0.29, 0.717) is 0 Å². The van der Waals surface area contributed by atoms with E-state index in [0.717, 1.165) is 19.3 Å². The number of hydrogen-bond donors (Lipinski definition) is 0. The molecule has 3 heteroatoms. The van der Waals surface area contributed by atoms with Gasteiger partial charge < -0.3 is 9.47 Å². The molecule has 3 unspecified atom stereocenters. The average molecular weight is 179 g/mol. The average Bonchev–Trinajstić information content (AvgIpc) is 2.04. The summed E-state index contributed by atoms with van der Waals surface area (Å²) in [5, 5.41) is 0.270. The number of hydrogen-bond acceptors (Lipinski definition) is 2. The van der Waals surface area contributed by atoms with Crippen molar-refractivity contribution in [2.45, 2.75) is 36.8 Å². The van der Waals surface area contributed by atoms with Crippen LogP contribution < -0.4 is 0 Å². The zero-order valence-electron chi connectivity index (χ0n) is 7.05. The van der Waals surface area contributed by atoms with E-state index in [1.54, 1.807) is 14.2 Å². The minimum absolute atomic E-state index is 0.191. The standard InChI is InChI=1S/C8H15ClO2/c1-10-7-4-3-6(9)5-8(7)11-2/h6-8H,3-5H2,1-2H3. The molecule has 0 heterocycles. The number of halogens is 1. The van der Waals surface area contributed by atoms with Crippen molar-refractivity contribution in [1.29, 1.82) is 0 Å². The summed E-state index contributed by atoms with van der Waals surface area (Å²) >= 11 is 5.98. The topological polar surface area (TPSA) is 18.5 Å². The Labute approximate surface area is 72.8 Å². The third kappa shape index (κ3) is 2.32. The lowest BCUT2D eigenvalue weighted by atomic mass is 9.94. The molecular formula is C8H15ClO2. The van der Waals surface area contributed by atoms with Crippen molar-refractivity contribution < 1.29 is 9.47 Å². The highest BCUT2D eigenvalue weighted by Crippen LogP contribution is 2.26. The van der Waals surface area contributed by atoms with Crippen molar-refractivity contribution in [2.75, 3.05) is 14.2 Å². The van der Waals surface area contributed by atoms with Crippen LogP contribution in [0.5, 0.6) is 0 Å². The van der Waals surface area contributed by atoms with E-state index >= 15 is 0 Å². The van der Waals surface area contributed by atoms with Crippen molar-refractivity contribution in [2.24, 2.45) is 0 Å². The smallest absolute Gasteiger partial charge is 0.0846 e. The van der Waals surface area contributed by atoms with Crippen LogP contribution >= 0.6 is 11.6 Å². The molecule has 1 saturated carbocycles. The molecule has 0 aromatic carbocycles. The van der Waals surface area contributed by atoms with Crippen LogP contribution in [0, 0.1) is 0 Å². The fourth-order valence-electron chi connectivity index (χ4n) is 1.57. The lowest BCUT2D eigenvalue weighted by molar-refractivity contribution is -0.0567. The summed E-state index contributed by atoms with van der Waals surface area (Å²) < 4.78 is 10.5. The Balaban J connectivity index is 2.41. The number of methoxy groups -OCH3 is 2. The van der Waals surface area contributed by atoms with Gasteiger partial charge >= 0.3 is 0 Å². The summed E-state index contributed by atoms with van der Waals surface area (Å²) in [4.78, 5) is 0. The molecule has 66 valence electrons. The second-order valence-electron chi connectivity index (χ2n) is 2.96. The third-order valence-electron chi connectivity index (χ3n) is 2.27. The molecule has 0 aromatic rings. The van der Waals surface area contributed by atoms with Gasteiger partial charge in [0.1, 0.15) is 0 Å². The first-order valence-electron chi connectivity index (χ1n) is 3.97. The summed E-state index contributed by atoms with van der Waals surface area (Å²) in [6.07, 6.45) is 3.41. The van der Waals surface area contributed by atoms with Crippen molar-refractivity contribution in [3.8, 4) is 0 Å². The van der Waals surface area contributed by atoms with E-state index in [1.165, 1.54) is 0 Å². The lowest BCUT2D eigenvalue weighted by Gasteiger charge is -2.31. The minimum Gasteiger partial charge on any atom is -0.379 e. The zero-order chi connectivity index (χ0) is 8.27. The van der Waals surface area contributed by atoms with Crippen molar-refractivity contribution in [1.82, 2.24) is 0 Å². The van der Waals surface area contributed by atoms with Gasteiger partial charge in [0.2, 0.25) is 0 Å². The summed E-state index contributed by atoms with van der Waals surface area (Å²) in [5.74, 6) is 0. The normalized spacial score (nSPS) is 39.0. The first-order valence-corrected chi connectivity index (χ1v) is 4.41. The maximum atomic E-state index is 5.98. The SMILES string of the molecule is COC1CCC(Cl)CC1OC. The van der Waals surface area contributed by atoms with Crippen LogP contribution in [0.2, 0.25) is 0 Å². The van der Waals surface area contributed by atoms with Crippen molar-refractivity contribution in [3.63, 3.8) is 0 Å². The largest absolute Gasteiger partial charge is 0.379 e. The Hall–Kier alpha value is 0.210. The molecule has 3 atom stereocenters. The Morgan fingerprint density at radius 1 is 1.09 bits per heavy atom. The molecule has 0 saturated heterocycles. The first kappa shape index (κ1) is 9.30. The van der Waals surface area contributed by atoms with Crippen LogP contribution in [0.3, 0.4) is 0 Å². The van der Waals surface area contributed by atoms with E-state index < -0.39 is 0 Å². The molecule has 1 aliphatic rings. The number of ether oxygens (including phenoxy) is 2. The van der Waals surface area contributed by atoms with Crippen molar-refractivity contribution in [3.05, 3.63) is 0 Å². The maximum absolute atomic E-state index is 5.98. The fourth-order valence-corrected chi connectivity index (χ4v) is 1.87. The molecule has 1 fully saturated rings. The Bertz CT molecular complexity index is 119. The van der Waals surface area contributed by atoms with E-state index in [2.05, 4.69) is 0 Å². The molecule has 0 bridgehead atoms. The van der Waals surface area contributed by atoms with Gasteiger partial charge in [-0.05, 0) is 19.3 Å². The molecule has 0 radical (unpaired) electrons. The molecular weight excluding hydrogens is 164 g/mol. The van der Waals surface area contributed by atoms with Crippen LogP contribution in [0.4, 0.5) is 0 Å². The summed E-state index contributed by atoms with van der Waals surface area (Å²) in [6, 6.07) is 0. The molecule has 11 heavy (non-hydrogen) atoms. The third-order valence-corrected chi connectivity index (χ3v) is 2.67. The first-order chi connectivity index (χ1) is 5.27. The van der Waals surface area contributed by atoms with Gasteiger partial charge in [-0.25, -0.2) is 0 Å². The van der Waals surface area contributed by atoms with Crippen LogP contribution in [-0.2, 0) is 9.47 Å². The van der Waals surface area contributed by atoms with Gasteiger partial charge in [-0.1, -0.05) is 0 Å². The van der Waals surface area contributed by atoms with E-state index in [-0.39, 0.29) is 17.6 Å². The summed E-state index contributed by atoms with van der Waals surface area (Å²) in [7, 11) is 3.44. The van der Waals surface area contributed by atoms with Gasteiger partial charge in [0.25, 0.3) is 0 Å². The molecule has 1 rings (SSSR count). The van der Waals surface area contributed by atoms with Crippen LogP contribution in [0.25, 0.3) is 0 Å². The highest BCUT2D eigenvalue weighted by Gasteiger charge is 2.29. The van der Waals surface area contributed by atoms with Crippen LogP contribution in [0.15, 0.2) is 0 Å². The Morgan fingerprint density at radius 3 is 2.27 bits per heavy atom. The van der Waals surface area contributed by atoms with Crippen LogP contribution in [0.1, 0.15) is 19.3 Å². The van der Waals surface area contributed by atoms with Gasteiger partial charge in [-0.15, -0.1) is 11.6 Å². The predicted octanol–water partition coefficient (Wildman–Crippen LogP) is 1.81. The lowest BCUT2D eigenvalue weighted by Crippen LogP contribution is -2.36. The molecule has 1 aliphatic carbocycles. The minimum atomic E-state index is 0.191. The van der Waals surface area contributed by atoms with Gasteiger partial charge in [0.05, 0.1) is 12.2 Å². The molecule has 0 aromatic heterocycles. The van der Waals surface area contributed by atoms with E-state index in [4.69, 9.17) is 21.1 Å². The second-order valence-corrected chi connectivity index (χ2v) is 3.58. The highest BCUT2D eigenvalue weighted by atomic mass is 35.5. The Kier molecular flexibility index (Phi) is 3.63. The second kappa shape index (κ2) is 4.29. The van der Waals surface area contributed by atoms with Gasteiger partial charge in [-0.3, -0.25) is 0 Å². The van der Waals surface area contributed by atoms with Gasteiger partial charge in [-0.2, -0.15) is 0 Å². The quantitative estimate of drug-likeness (QED) is 0.601. The molecule has 0 aliphatic heterocycles. The molecule has 0 amide bonds. The molecule has 2 nitrogen and oxygen atoms in total. The maximum Gasteiger partial charge on any atom is 0.0846 e. The van der Waals surface area contributed by atoms with Gasteiger partial charge in [0.15, 0.2) is 0 Å². The fraction of sp³-hybridized carbons (Fsp3) is 1.00. The monoisotopic (exact) mass is 178 g/mol. The van der Waals surface area contributed by atoms with Gasteiger partial charge in [0, 0.05) is 19.6 Å². The molecule has 0 N–H and O–H groups in total. The zero-order valence-corrected chi connectivity index (χ0v) is 7.80. The number of rotatable bonds is 2. The van der Waals surface area contributed by atoms with Crippen LogP contribution in [-0.4, -0.2) is 31.8 Å². The summed E-state index contributed by atoms with van der Waals surface area (Å²) in [6.45, 7) is 0. The van der Waals surface area contributed by atoms with E-state index in [9.17, 15) is 0 Å². The van der Waals surface area contributed by atoms with Crippen molar-refractivity contribution >= 4 is 11.6 Å². The number of alkyl halides is 1.